The van der Waals surface area contributed by atoms with Gasteiger partial charge < -0.3 is 19.7 Å². The van der Waals surface area contributed by atoms with Crippen molar-refractivity contribution in [1.29, 1.82) is 0 Å². The molecule has 2 heterocycles. The van der Waals surface area contributed by atoms with Crippen molar-refractivity contribution in [2.45, 2.75) is 40.0 Å². The molecule has 1 aliphatic heterocycles. The van der Waals surface area contributed by atoms with Crippen LogP contribution in [0.5, 0.6) is 5.75 Å². The van der Waals surface area contributed by atoms with Gasteiger partial charge in [0.15, 0.2) is 0 Å². The highest BCUT2D eigenvalue weighted by Crippen LogP contribution is 2.32. The van der Waals surface area contributed by atoms with E-state index in [4.69, 9.17) is 9.72 Å². The molecule has 28 heavy (non-hydrogen) atoms. The number of piperidine rings is 1. The van der Waals surface area contributed by atoms with E-state index in [0.717, 1.165) is 55.1 Å². The summed E-state index contributed by atoms with van der Waals surface area (Å²) in [5, 5.41) is 9.33. The molecule has 1 aliphatic rings. The number of imidazole rings is 1. The van der Waals surface area contributed by atoms with Gasteiger partial charge in [-0.2, -0.15) is 0 Å². The van der Waals surface area contributed by atoms with Gasteiger partial charge in [0, 0.05) is 25.9 Å². The molecule has 0 amide bonds. The number of nitrogens with one attached hydrogen (secondary N) is 1. The molecule has 1 saturated heterocycles. The number of likely N-dealkylation sites (tertiary alicyclic amines) is 1. The average molecular weight is 410 g/mol. The fourth-order valence-corrected chi connectivity index (χ4v) is 4.26. The number of carbonyl (C=O) groups is 1. The van der Waals surface area contributed by atoms with E-state index in [1.807, 2.05) is 18.2 Å². The first-order chi connectivity index (χ1) is 12.7. The summed E-state index contributed by atoms with van der Waals surface area (Å²) in [4.78, 5) is 22.0. The second-order valence-corrected chi connectivity index (χ2v) is 8.95. The lowest BCUT2D eigenvalue weighted by Gasteiger charge is -2.40. The standard InChI is InChI=1S/C21H31N3O3.ClH/c1-21(2,3)13-24-9-8-14(11-19(25)26)15(12-24)10-18-22-16-6-5-7-17(27-4)20(16)23-18;/h5-7,14-15H,8-13H2,1-4H3,(H,22,23)(H,25,26);1H/t14-,15-;/m0./s1. The van der Waals surface area contributed by atoms with Crippen LogP contribution in [0.1, 0.15) is 39.4 Å². The molecular weight excluding hydrogens is 378 g/mol. The van der Waals surface area contributed by atoms with Crippen molar-refractivity contribution in [2.75, 3.05) is 26.7 Å². The molecule has 0 unspecified atom stereocenters. The molecular formula is C21H32ClN3O3. The molecule has 0 aliphatic carbocycles. The van der Waals surface area contributed by atoms with Crippen LogP contribution in [0.25, 0.3) is 11.0 Å². The van der Waals surface area contributed by atoms with E-state index in [1.54, 1.807) is 7.11 Å². The molecule has 3 rings (SSSR count). The largest absolute Gasteiger partial charge is 0.494 e. The lowest BCUT2D eigenvalue weighted by Crippen LogP contribution is -2.45. The second kappa shape index (κ2) is 9.14. The number of rotatable bonds is 6. The van der Waals surface area contributed by atoms with E-state index < -0.39 is 5.97 Å². The molecule has 6 nitrogen and oxygen atoms in total. The number of para-hydroxylation sites is 1. The molecule has 7 heteroatoms. The lowest BCUT2D eigenvalue weighted by atomic mass is 9.80. The number of hydrogen-bond donors (Lipinski definition) is 2. The molecule has 1 fully saturated rings. The molecule has 0 saturated carbocycles. The number of fused-ring (bicyclic) bond motifs is 1. The number of aromatic amines is 1. The summed E-state index contributed by atoms with van der Waals surface area (Å²) in [6.45, 7) is 9.66. The van der Waals surface area contributed by atoms with Crippen LogP contribution < -0.4 is 4.74 Å². The predicted molar refractivity (Wildman–Crippen MR) is 113 cm³/mol. The molecule has 2 N–H and O–H groups in total. The molecule has 1 aromatic carbocycles. The van der Waals surface area contributed by atoms with Gasteiger partial charge in [-0.05, 0) is 42.3 Å². The summed E-state index contributed by atoms with van der Waals surface area (Å²) >= 11 is 0. The van der Waals surface area contributed by atoms with Crippen LogP contribution >= 0.6 is 12.4 Å². The van der Waals surface area contributed by atoms with Crippen LogP contribution in [-0.2, 0) is 11.2 Å². The Balaban J connectivity index is 0.00000280. The minimum Gasteiger partial charge on any atom is -0.494 e. The first kappa shape index (κ1) is 22.5. The summed E-state index contributed by atoms with van der Waals surface area (Å²) in [6, 6.07) is 5.85. The zero-order chi connectivity index (χ0) is 19.6. The number of benzene rings is 1. The Morgan fingerprint density at radius 1 is 1.36 bits per heavy atom. The molecule has 0 spiro atoms. The SMILES string of the molecule is COc1cccc2[nH]c(C[C@H]3CN(CC(C)(C)C)CC[C@H]3CC(=O)O)nc12.Cl. The van der Waals surface area contributed by atoms with Crippen molar-refractivity contribution in [3.05, 3.63) is 24.0 Å². The molecule has 2 atom stereocenters. The van der Waals surface area contributed by atoms with Gasteiger partial charge in [-0.25, -0.2) is 4.98 Å². The number of halogens is 1. The number of aliphatic carboxylic acids is 1. The first-order valence-electron chi connectivity index (χ1n) is 9.71. The van der Waals surface area contributed by atoms with E-state index in [-0.39, 0.29) is 36.1 Å². The number of carboxylic acid groups (broad SMARTS) is 1. The number of methoxy groups -OCH3 is 1. The van der Waals surface area contributed by atoms with Crippen LogP contribution in [0, 0.1) is 17.3 Å². The number of hydrogen-bond acceptors (Lipinski definition) is 4. The van der Waals surface area contributed by atoms with Crippen molar-refractivity contribution in [3.63, 3.8) is 0 Å². The molecule has 0 radical (unpaired) electrons. The minimum atomic E-state index is -0.708. The second-order valence-electron chi connectivity index (χ2n) is 8.95. The van der Waals surface area contributed by atoms with Crippen LogP contribution in [0.2, 0.25) is 0 Å². The maximum atomic E-state index is 11.3. The number of nitrogens with zero attached hydrogens (tertiary/aromatic N) is 2. The summed E-state index contributed by atoms with van der Waals surface area (Å²) < 4.78 is 5.41. The topological polar surface area (TPSA) is 78.5 Å². The van der Waals surface area contributed by atoms with Gasteiger partial charge in [0.05, 0.1) is 12.6 Å². The van der Waals surface area contributed by atoms with Crippen molar-refractivity contribution >= 4 is 29.4 Å². The lowest BCUT2D eigenvalue weighted by molar-refractivity contribution is -0.139. The van der Waals surface area contributed by atoms with E-state index in [2.05, 4.69) is 30.7 Å². The zero-order valence-corrected chi connectivity index (χ0v) is 18.0. The Kier molecular flexibility index (Phi) is 7.34. The van der Waals surface area contributed by atoms with Gasteiger partial charge in [0.2, 0.25) is 0 Å². The normalized spacial score (nSPS) is 20.7. The number of ether oxygens (including phenoxy) is 1. The Bertz CT molecular complexity index is 800. The fourth-order valence-electron chi connectivity index (χ4n) is 4.26. The maximum absolute atomic E-state index is 11.3. The van der Waals surface area contributed by atoms with Gasteiger partial charge in [0.1, 0.15) is 17.1 Å². The van der Waals surface area contributed by atoms with Crippen LogP contribution in [0.15, 0.2) is 18.2 Å². The fraction of sp³-hybridized carbons (Fsp3) is 0.619. The first-order valence-corrected chi connectivity index (χ1v) is 9.71. The van der Waals surface area contributed by atoms with Crippen molar-refractivity contribution in [1.82, 2.24) is 14.9 Å². The molecule has 156 valence electrons. The van der Waals surface area contributed by atoms with Gasteiger partial charge in [0.25, 0.3) is 0 Å². The Morgan fingerprint density at radius 2 is 2.11 bits per heavy atom. The number of carboxylic acids is 1. The van der Waals surface area contributed by atoms with Crippen molar-refractivity contribution in [3.8, 4) is 5.75 Å². The van der Waals surface area contributed by atoms with Crippen LogP contribution in [0.4, 0.5) is 0 Å². The smallest absolute Gasteiger partial charge is 0.303 e. The summed E-state index contributed by atoms with van der Waals surface area (Å²) in [7, 11) is 1.65. The summed E-state index contributed by atoms with van der Waals surface area (Å²) in [6.07, 6.45) is 1.92. The Labute approximate surface area is 173 Å². The van der Waals surface area contributed by atoms with Gasteiger partial charge >= 0.3 is 5.97 Å². The third-order valence-electron chi connectivity index (χ3n) is 5.31. The van der Waals surface area contributed by atoms with Gasteiger partial charge in [-0.15, -0.1) is 12.4 Å². The predicted octanol–water partition coefficient (Wildman–Crippen LogP) is 3.99. The Hall–Kier alpha value is -1.79. The average Bonchev–Trinajstić information content (AvgIpc) is 2.97. The molecule has 0 bridgehead atoms. The molecule has 1 aromatic heterocycles. The van der Waals surface area contributed by atoms with E-state index in [9.17, 15) is 9.90 Å². The highest BCUT2D eigenvalue weighted by Gasteiger charge is 2.33. The highest BCUT2D eigenvalue weighted by molar-refractivity contribution is 5.85. The zero-order valence-electron chi connectivity index (χ0n) is 17.2. The van der Waals surface area contributed by atoms with E-state index >= 15 is 0 Å². The van der Waals surface area contributed by atoms with Crippen molar-refractivity contribution < 1.29 is 14.6 Å². The summed E-state index contributed by atoms with van der Waals surface area (Å²) in [5.41, 5.74) is 2.03. The van der Waals surface area contributed by atoms with Crippen LogP contribution in [0.3, 0.4) is 0 Å². The Morgan fingerprint density at radius 3 is 2.75 bits per heavy atom. The maximum Gasteiger partial charge on any atom is 0.303 e. The van der Waals surface area contributed by atoms with Gasteiger partial charge in [-0.3, -0.25) is 4.79 Å². The van der Waals surface area contributed by atoms with Crippen molar-refractivity contribution in [2.24, 2.45) is 17.3 Å². The van der Waals surface area contributed by atoms with Gasteiger partial charge in [-0.1, -0.05) is 26.8 Å². The number of aromatic nitrogens is 2. The van der Waals surface area contributed by atoms with E-state index in [1.165, 1.54) is 0 Å². The minimum absolute atomic E-state index is 0. The third-order valence-corrected chi connectivity index (χ3v) is 5.31. The summed E-state index contributed by atoms with van der Waals surface area (Å²) in [5.74, 6) is 1.43. The molecule has 2 aromatic rings. The highest BCUT2D eigenvalue weighted by atomic mass is 35.5. The quantitative estimate of drug-likeness (QED) is 0.754. The number of H-pyrrole nitrogens is 1. The monoisotopic (exact) mass is 409 g/mol. The van der Waals surface area contributed by atoms with Crippen LogP contribution in [-0.4, -0.2) is 52.7 Å². The third kappa shape index (κ3) is 5.61. The van der Waals surface area contributed by atoms with E-state index in [0.29, 0.717) is 0 Å².